The zero-order valence-corrected chi connectivity index (χ0v) is 13.2. The molecule has 0 fully saturated rings. The summed E-state index contributed by atoms with van der Waals surface area (Å²) in [5.41, 5.74) is 2.25. The van der Waals surface area contributed by atoms with Gasteiger partial charge in [-0.3, -0.25) is 0 Å². The van der Waals surface area contributed by atoms with Crippen LogP contribution in [0, 0.1) is 18.3 Å². The van der Waals surface area contributed by atoms with E-state index in [4.69, 9.17) is 4.74 Å². The molecule has 114 valence electrons. The highest BCUT2D eigenvalue weighted by molar-refractivity contribution is 5.83. The van der Waals surface area contributed by atoms with Crippen LogP contribution in [0.3, 0.4) is 0 Å². The molecule has 0 aromatic heterocycles. The summed E-state index contributed by atoms with van der Waals surface area (Å²) in [5.74, 6) is 0.724. The van der Waals surface area contributed by atoms with E-state index < -0.39 is 0 Å². The molecular formula is C21H19NO. The molecule has 0 aliphatic heterocycles. The average Bonchev–Trinajstić information content (AvgIpc) is 2.59. The Hall–Kier alpha value is -2.79. The maximum Gasteiger partial charge on any atom is 0.119 e. The first kappa shape index (κ1) is 15.1. The quantitative estimate of drug-likeness (QED) is 0.647. The summed E-state index contributed by atoms with van der Waals surface area (Å²) in [5, 5.41) is 11.8. The molecule has 0 spiro atoms. The van der Waals surface area contributed by atoms with Gasteiger partial charge in [0.25, 0.3) is 0 Å². The average molecular weight is 301 g/mol. The van der Waals surface area contributed by atoms with Gasteiger partial charge in [-0.1, -0.05) is 54.6 Å². The summed E-state index contributed by atoms with van der Waals surface area (Å²) in [6, 6.07) is 24.8. The van der Waals surface area contributed by atoms with Gasteiger partial charge in [0.2, 0.25) is 0 Å². The number of fused-ring (bicyclic) bond motifs is 1. The number of ether oxygens (including phenoxy) is 1. The lowest BCUT2D eigenvalue weighted by Crippen LogP contribution is -2.05. The minimum absolute atomic E-state index is 0.128. The lowest BCUT2D eigenvalue weighted by molar-refractivity contribution is 0.306. The number of benzene rings is 3. The molecule has 0 aliphatic carbocycles. The van der Waals surface area contributed by atoms with E-state index in [1.54, 1.807) is 0 Å². The molecular weight excluding hydrogens is 282 g/mol. The van der Waals surface area contributed by atoms with E-state index in [0.717, 1.165) is 16.9 Å². The van der Waals surface area contributed by atoms with Gasteiger partial charge in [0.15, 0.2) is 0 Å². The molecule has 3 aromatic carbocycles. The van der Waals surface area contributed by atoms with Gasteiger partial charge in [0, 0.05) is 6.42 Å². The summed E-state index contributed by atoms with van der Waals surface area (Å²) >= 11 is 0. The van der Waals surface area contributed by atoms with Crippen LogP contribution in [0.4, 0.5) is 0 Å². The van der Waals surface area contributed by atoms with Gasteiger partial charge in [-0.15, -0.1) is 0 Å². The Kier molecular flexibility index (Phi) is 4.59. The molecule has 2 nitrogen and oxygen atoms in total. The maximum atomic E-state index is 9.44. The van der Waals surface area contributed by atoms with Crippen molar-refractivity contribution in [2.24, 2.45) is 0 Å². The zero-order valence-electron chi connectivity index (χ0n) is 13.2. The molecule has 0 bridgehead atoms. The molecule has 1 unspecified atom stereocenters. The van der Waals surface area contributed by atoms with Crippen LogP contribution in [0.15, 0.2) is 66.7 Å². The largest absolute Gasteiger partial charge is 0.494 e. The summed E-state index contributed by atoms with van der Waals surface area (Å²) in [6.07, 6.45) is 0.689. The van der Waals surface area contributed by atoms with Crippen LogP contribution in [0.5, 0.6) is 5.75 Å². The predicted molar refractivity (Wildman–Crippen MR) is 93.6 cm³/mol. The third-order valence-electron chi connectivity index (χ3n) is 4.12. The van der Waals surface area contributed by atoms with E-state index in [2.05, 4.69) is 24.3 Å². The van der Waals surface area contributed by atoms with Crippen molar-refractivity contribution in [3.63, 3.8) is 0 Å². The molecule has 0 heterocycles. The van der Waals surface area contributed by atoms with Gasteiger partial charge in [-0.25, -0.2) is 0 Å². The summed E-state index contributed by atoms with van der Waals surface area (Å²) in [6.45, 7) is 2.58. The molecule has 3 rings (SSSR count). The van der Waals surface area contributed by atoms with Crippen LogP contribution in [-0.2, 0) is 0 Å². The second-order valence-electron chi connectivity index (χ2n) is 5.68. The molecule has 0 amide bonds. The fourth-order valence-corrected chi connectivity index (χ4v) is 2.82. The van der Waals surface area contributed by atoms with E-state index in [1.807, 2.05) is 55.5 Å². The van der Waals surface area contributed by atoms with Crippen molar-refractivity contribution in [1.82, 2.24) is 0 Å². The molecule has 0 saturated carbocycles. The lowest BCUT2D eigenvalue weighted by Gasteiger charge is -2.13. The molecule has 1 atom stereocenters. The van der Waals surface area contributed by atoms with Gasteiger partial charge in [-0.2, -0.15) is 5.26 Å². The Morgan fingerprint density at radius 3 is 2.48 bits per heavy atom. The topological polar surface area (TPSA) is 33.0 Å². The van der Waals surface area contributed by atoms with E-state index in [1.165, 1.54) is 10.8 Å². The first-order valence-electron chi connectivity index (χ1n) is 7.84. The smallest absolute Gasteiger partial charge is 0.119 e. The normalized spacial score (nSPS) is 11.8. The van der Waals surface area contributed by atoms with Crippen molar-refractivity contribution >= 4 is 10.8 Å². The SMILES string of the molecule is Cc1ccccc1C(C#N)CCOc1ccc2ccccc2c1. The summed E-state index contributed by atoms with van der Waals surface area (Å²) in [4.78, 5) is 0. The van der Waals surface area contributed by atoms with Gasteiger partial charge < -0.3 is 4.74 Å². The van der Waals surface area contributed by atoms with E-state index >= 15 is 0 Å². The van der Waals surface area contributed by atoms with Crippen LogP contribution >= 0.6 is 0 Å². The fourth-order valence-electron chi connectivity index (χ4n) is 2.82. The highest BCUT2D eigenvalue weighted by Crippen LogP contribution is 2.24. The lowest BCUT2D eigenvalue weighted by atomic mass is 9.94. The molecule has 3 aromatic rings. The van der Waals surface area contributed by atoms with Crippen LogP contribution in [-0.4, -0.2) is 6.61 Å². The van der Waals surface area contributed by atoms with Crippen molar-refractivity contribution < 1.29 is 4.74 Å². The van der Waals surface area contributed by atoms with Crippen LogP contribution in [0.1, 0.15) is 23.5 Å². The number of nitrogens with zero attached hydrogens (tertiary/aromatic N) is 1. The zero-order chi connectivity index (χ0) is 16.1. The standard InChI is InChI=1S/C21H19NO/c1-16-6-2-5-9-21(16)19(15-22)12-13-23-20-11-10-17-7-3-4-8-18(17)14-20/h2-11,14,19H,12-13H2,1H3. The number of aryl methyl sites for hydroxylation is 1. The van der Waals surface area contributed by atoms with Gasteiger partial charge in [0.05, 0.1) is 18.6 Å². The monoisotopic (exact) mass is 301 g/mol. The van der Waals surface area contributed by atoms with Crippen molar-refractivity contribution in [3.8, 4) is 11.8 Å². The highest BCUT2D eigenvalue weighted by Gasteiger charge is 2.12. The molecule has 0 saturated heterocycles. The third-order valence-corrected chi connectivity index (χ3v) is 4.12. The van der Waals surface area contributed by atoms with Crippen molar-refractivity contribution in [3.05, 3.63) is 77.9 Å². The van der Waals surface area contributed by atoms with Crippen molar-refractivity contribution in [2.45, 2.75) is 19.3 Å². The number of hydrogen-bond donors (Lipinski definition) is 0. The van der Waals surface area contributed by atoms with E-state index in [0.29, 0.717) is 13.0 Å². The molecule has 0 radical (unpaired) electrons. The Labute approximate surface area is 137 Å². The number of rotatable bonds is 5. The van der Waals surface area contributed by atoms with Gasteiger partial charge in [-0.05, 0) is 41.0 Å². The Bertz CT molecular complexity index is 848. The third kappa shape index (κ3) is 3.52. The number of hydrogen-bond acceptors (Lipinski definition) is 2. The van der Waals surface area contributed by atoms with Crippen molar-refractivity contribution in [1.29, 1.82) is 5.26 Å². The Balaban J connectivity index is 1.65. The van der Waals surface area contributed by atoms with Crippen LogP contribution in [0.2, 0.25) is 0 Å². The van der Waals surface area contributed by atoms with E-state index in [-0.39, 0.29) is 5.92 Å². The van der Waals surface area contributed by atoms with E-state index in [9.17, 15) is 5.26 Å². The molecule has 0 aliphatic rings. The summed E-state index contributed by atoms with van der Waals surface area (Å²) < 4.78 is 5.86. The Morgan fingerprint density at radius 1 is 0.957 bits per heavy atom. The van der Waals surface area contributed by atoms with Crippen LogP contribution < -0.4 is 4.74 Å². The maximum absolute atomic E-state index is 9.44. The Morgan fingerprint density at radius 2 is 1.70 bits per heavy atom. The second-order valence-corrected chi connectivity index (χ2v) is 5.68. The first-order chi connectivity index (χ1) is 11.3. The van der Waals surface area contributed by atoms with Gasteiger partial charge >= 0.3 is 0 Å². The van der Waals surface area contributed by atoms with Crippen molar-refractivity contribution in [2.75, 3.05) is 6.61 Å². The fraction of sp³-hybridized carbons (Fsp3) is 0.190. The predicted octanol–water partition coefficient (Wildman–Crippen LogP) is 5.22. The van der Waals surface area contributed by atoms with Gasteiger partial charge in [0.1, 0.15) is 5.75 Å². The second kappa shape index (κ2) is 6.98. The minimum atomic E-state index is -0.128. The molecule has 2 heteroatoms. The van der Waals surface area contributed by atoms with Crippen LogP contribution in [0.25, 0.3) is 10.8 Å². The molecule has 0 N–H and O–H groups in total. The highest BCUT2D eigenvalue weighted by atomic mass is 16.5. The summed E-state index contributed by atoms with van der Waals surface area (Å²) in [7, 11) is 0. The minimum Gasteiger partial charge on any atom is -0.494 e. The molecule has 23 heavy (non-hydrogen) atoms. The first-order valence-corrected chi connectivity index (χ1v) is 7.84. The number of nitriles is 1.